The molecule has 0 amide bonds. The van der Waals surface area contributed by atoms with Crippen LogP contribution in [0.25, 0.3) is 11.3 Å². The summed E-state index contributed by atoms with van der Waals surface area (Å²) >= 11 is 9.38. The summed E-state index contributed by atoms with van der Waals surface area (Å²) in [6.07, 6.45) is 0. The van der Waals surface area contributed by atoms with E-state index in [0.29, 0.717) is 16.5 Å². The van der Waals surface area contributed by atoms with Gasteiger partial charge in [-0.3, -0.25) is 0 Å². The second kappa shape index (κ2) is 7.83. The minimum Gasteiger partial charge on any atom is -0.462 e. The average molecular weight is 376 g/mol. The third-order valence-electron chi connectivity index (χ3n) is 3.18. The molecule has 0 saturated heterocycles. The van der Waals surface area contributed by atoms with Gasteiger partial charge < -0.3 is 4.74 Å². The zero-order chi connectivity index (χ0) is 16.9. The molecule has 0 saturated carbocycles. The van der Waals surface area contributed by atoms with Gasteiger partial charge >= 0.3 is 5.97 Å². The summed E-state index contributed by atoms with van der Waals surface area (Å²) in [5.41, 5.74) is 2.13. The van der Waals surface area contributed by atoms with Gasteiger partial charge in [-0.2, -0.15) is 0 Å². The Hall–Kier alpha value is -1.82. The second-order valence-electron chi connectivity index (χ2n) is 4.82. The first-order valence-corrected chi connectivity index (χ1v) is 9.35. The molecule has 1 heterocycles. The Balaban J connectivity index is 1.81. The summed E-state index contributed by atoms with van der Waals surface area (Å²) in [5.74, 6) is -0.325. The highest BCUT2D eigenvalue weighted by atomic mass is 35.5. The van der Waals surface area contributed by atoms with Crippen molar-refractivity contribution in [3.63, 3.8) is 0 Å². The van der Waals surface area contributed by atoms with E-state index >= 15 is 0 Å². The molecule has 0 bridgehead atoms. The van der Waals surface area contributed by atoms with Gasteiger partial charge in [0, 0.05) is 10.5 Å². The molecule has 0 fully saturated rings. The number of carbonyl (C=O) groups is 1. The van der Waals surface area contributed by atoms with Crippen LogP contribution < -0.4 is 0 Å². The molecule has 3 nitrogen and oxygen atoms in total. The van der Waals surface area contributed by atoms with Gasteiger partial charge in [-0.05, 0) is 31.2 Å². The maximum Gasteiger partial charge on any atom is 0.338 e. The summed E-state index contributed by atoms with van der Waals surface area (Å²) in [7, 11) is 0. The first kappa shape index (κ1) is 17.0. The van der Waals surface area contributed by atoms with E-state index in [1.54, 1.807) is 30.8 Å². The summed E-state index contributed by atoms with van der Waals surface area (Å²) < 4.78 is 6.51. The predicted molar refractivity (Wildman–Crippen MR) is 99.1 cm³/mol. The molecule has 2 aromatic carbocycles. The molecule has 3 rings (SSSR count). The lowest BCUT2D eigenvalue weighted by molar-refractivity contribution is 0.0526. The van der Waals surface area contributed by atoms with Crippen molar-refractivity contribution in [2.75, 3.05) is 6.61 Å². The van der Waals surface area contributed by atoms with Crippen LogP contribution in [0.15, 0.2) is 63.8 Å². The SMILES string of the molecule is CCOC(=O)c1ccc(-c2nc(Sc3ccccc3)sc2Cl)cc1. The van der Waals surface area contributed by atoms with Gasteiger partial charge in [0.15, 0.2) is 4.34 Å². The topological polar surface area (TPSA) is 39.2 Å². The maximum atomic E-state index is 11.7. The van der Waals surface area contributed by atoms with E-state index in [-0.39, 0.29) is 5.97 Å². The number of carbonyl (C=O) groups excluding carboxylic acids is 1. The number of hydrogen-bond acceptors (Lipinski definition) is 5. The van der Waals surface area contributed by atoms with E-state index in [4.69, 9.17) is 16.3 Å². The Morgan fingerprint density at radius 2 is 1.88 bits per heavy atom. The lowest BCUT2D eigenvalue weighted by atomic mass is 10.1. The standard InChI is InChI=1S/C18H14ClNO2S2/c1-2-22-17(21)13-10-8-12(9-11-13)15-16(19)24-18(20-15)23-14-6-4-3-5-7-14/h3-11H,2H2,1H3. The molecule has 0 aliphatic rings. The molecule has 0 unspecified atom stereocenters. The molecule has 24 heavy (non-hydrogen) atoms. The molecule has 0 spiro atoms. The van der Waals surface area contributed by atoms with Crippen molar-refractivity contribution in [3.05, 3.63) is 64.5 Å². The lowest BCUT2D eigenvalue weighted by Crippen LogP contribution is -2.04. The first-order chi connectivity index (χ1) is 11.7. The van der Waals surface area contributed by atoms with Gasteiger partial charge in [0.2, 0.25) is 0 Å². The van der Waals surface area contributed by atoms with E-state index in [1.165, 1.54) is 11.3 Å². The number of ether oxygens (including phenoxy) is 1. The fraction of sp³-hybridized carbons (Fsp3) is 0.111. The molecule has 0 aliphatic carbocycles. The Kier molecular flexibility index (Phi) is 5.56. The zero-order valence-corrected chi connectivity index (χ0v) is 15.3. The van der Waals surface area contributed by atoms with Crippen LogP contribution in [0, 0.1) is 0 Å². The molecule has 122 valence electrons. The minimum absolute atomic E-state index is 0.325. The molecular weight excluding hydrogens is 362 g/mol. The average Bonchev–Trinajstić information content (AvgIpc) is 2.96. The van der Waals surface area contributed by atoms with E-state index in [9.17, 15) is 4.79 Å². The van der Waals surface area contributed by atoms with Gasteiger partial charge in [0.25, 0.3) is 0 Å². The van der Waals surface area contributed by atoms with Crippen molar-refractivity contribution >= 4 is 40.7 Å². The first-order valence-electron chi connectivity index (χ1n) is 7.34. The Morgan fingerprint density at radius 1 is 1.17 bits per heavy atom. The number of benzene rings is 2. The van der Waals surface area contributed by atoms with Crippen molar-refractivity contribution < 1.29 is 9.53 Å². The fourth-order valence-corrected chi connectivity index (χ4v) is 4.47. The summed E-state index contributed by atoms with van der Waals surface area (Å²) in [6, 6.07) is 17.2. The van der Waals surface area contributed by atoms with E-state index in [2.05, 4.69) is 4.98 Å². The van der Waals surface area contributed by atoms with E-state index in [0.717, 1.165) is 20.5 Å². The predicted octanol–water partition coefficient (Wildman–Crippen LogP) is 5.79. The Labute approximate surface area is 153 Å². The molecule has 6 heteroatoms. The van der Waals surface area contributed by atoms with Crippen LogP contribution in [0.3, 0.4) is 0 Å². The van der Waals surface area contributed by atoms with Crippen molar-refractivity contribution in [1.29, 1.82) is 0 Å². The molecule has 0 radical (unpaired) electrons. The monoisotopic (exact) mass is 375 g/mol. The van der Waals surface area contributed by atoms with Crippen LogP contribution in [-0.4, -0.2) is 17.6 Å². The number of thiazole rings is 1. The second-order valence-corrected chi connectivity index (χ2v) is 7.74. The van der Waals surface area contributed by atoms with Crippen LogP contribution in [0.4, 0.5) is 0 Å². The maximum absolute atomic E-state index is 11.7. The number of halogens is 1. The summed E-state index contributed by atoms with van der Waals surface area (Å²) in [4.78, 5) is 17.4. The van der Waals surface area contributed by atoms with Crippen molar-refractivity contribution in [3.8, 4) is 11.3 Å². The molecular formula is C18H14ClNO2S2. The van der Waals surface area contributed by atoms with E-state index in [1.807, 2.05) is 42.5 Å². The summed E-state index contributed by atoms with van der Waals surface area (Å²) in [6.45, 7) is 2.14. The highest BCUT2D eigenvalue weighted by molar-refractivity contribution is 8.01. The lowest BCUT2D eigenvalue weighted by Gasteiger charge is -2.03. The zero-order valence-electron chi connectivity index (χ0n) is 12.9. The van der Waals surface area contributed by atoms with Gasteiger partial charge in [0.1, 0.15) is 10.0 Å². The minimum atomic E-state index is -0.325. The van der Waals surface area contributed by atoms with Gasteiger partial charge in [0.05, 0.1) is 12.2 Å². The number of nitrogens with zero attached hydrogens (tertiary/aromatic N) is 1. The van der Waals surface area contributed by atoms with Gasteiger partial charge in [-0.15, -0.1) is 0 Å². The molecule has 0 N–H and O–H groups in total. The normalized spacial score (nSPS) is 10.6. The van der Waals surface area contributed by atoms with Gasteiger partial charge in [-0.1, -0.05) is 65.0 Å². The third kappa shape index (κ3) is 3.98. The van der Waals surface area contributed by atoms with Crippen LogP contribution in [0.2, 0.25) is 4.34 Å². The Morgan fingerprint density at radius 3 is 2.54 bits per heavy atom. The number of aromatic nitrogens is 1. The van der Waals surface area contributed by atoms with Crippen LogP contribution in [-0.2, 0) is 4.74 Å². The molecule has 3 aromatic rings. The van der Waals surface area contributed by atoms with Crippen LogP contribution >= 0.6 is 34.7 Å². The van der Waals surface area contributed by atoms with Crippen LogP contribution in [0.1, 0.15) is 17.3 Å². The van der Waals surface area contributed by atoms with Crippen molar-refractivity contribution in [2.24, 2.45) is 0 Å². The van der Waals surface area contributed by atoms with Gasteiger partial charge in [-0.25, -0.2) is 9.78 Å². The highest BCUT2D eigenvalue weighted by Gasteiger charge is 2.14. The highest BCUT2D eigenvalue weighted by Crippen LogP contribution is 2.39. The fourth-order valence-electron chi connectivity index (χ4n) is 2.07. The molecule has 1 aromatic heterocycles. The Bertz CT molecular complexity index is 832. The largest absolute Gasteiger partial charge is 0.462 e. The van der Waals surface area contributed by atoms with Crippen molar-refractivity contribution in [1.82, 2.24) is 4.98 Å². The van der Waals surface area contributed by atoms with Crippen molar-refractivity contribution in [2.45, 2.75) is 16.2 Å². The third-order valence-corrected chi connectivity index (χ3v) is 5.51. The molecule has 0 aliphatic heterocycles. The number of hydrogen-bond donors (Lipinski definition) is 0. The number of esters is 1. The van der Waals surface area contributed by atoms with E-state index < -0.39 is 0 Å². The summed E-state index contributed by atoms with van der Waals surface area (Å²) in [5, 5.41) is 0. The number of rotatable bonds is 5. The van der Waals surface area contributed by atoms with Crippen LogP contribution in [0.5, 0.6) is 0 Å². The smallest absolute Gasteiger partial charge is 0.338 e. The molecule has 0 atom stereocenters. The quantitative estimate of drug-likeness (QED) is 0.529.